The van der Waals surface area contributed by atoms with Gasteiger partial charge in [-0.3, -0.25) is 9.59 Å². The highest BCUT2D eigenvalue weighted by Gasteiger charge is 2.37. The number of carbonyl (C=O) groups excluding carboxylic acids is 2. The first-order valence-corrected chi connectivity index (χ1v) is 24.3. The minimum atomic E-state index is -0.492. The molecule has 0 N–H and O–H groups in total. The summed E-state index contributed by atoms with van der Waals surface area (Å²) >= 11 is 0. The number of hydrogen-bond acceptors (Lipinski definition) is 4. The van der Waals surface area contributed by atoms with E-state index in [2.05, 4.69) is 99.9 Å². The van der Waals surface area contributed by atoms with Gasteiger partial charge in [0.1, 0.15) is 13.2 Å². The lowest BCUT2D eigenvalue weighted by Gasteiger charge is -2.42. The molecule has 4 aliphatic carbocycles. The van der Waals surface area contributed by atoms with E-state index in [-0.39, 0.29) is 35.9 Å². The lowest BCUT2D eigenvalue weighted by molar-refractivity contribution is -0.147. The first-order chi connectivity index (χ1) is 28.3. The number of carbonyl (C=O) groups is 2. The number of benzene rings is 2. The summed E-state index contributed by atoms with van der Waals surface area (Å²) in [5.41, 5.74) is 4.70. The second-order valence-corrected chi connectivity index (χ2v) is 21.5. The topological polar surface area (TPSA) is 59.1 Å². The van der Waals surface area contributed by atoms with Gasteiger partial charge >= 0.3 is 0 Å². The number of rotatable bonds is 16. The normalized spacial score (nSPS) is 19.8. The van der Waals surface area contributed by atoms with Crippen LogP contribution in [-0.2, 0) is 42.7 Å². The molecule has 4 saturated carbocycles. The Hall–Kier alpha value is -2.70. The summed E-state index contributed by atoms with van der Waals surface area (Å²) < 4.78 is 13.5. The second kappa shape index (κ2) is 21.4. The van der Waals surface area contributed by atoms with Crippen LogP contribution in [0.2, 0.25) is 0 Å². The Morgan fingerprint density at radius 3 is 0.983 bits per heavy atom. The van der Waals surface area contributed by atoms with Crippen molar-refractivity contribution in [1.82, 2.24) is 9.80 Å². The molecule has 0 heterocycles. The molecule has 328 valence electrons. The molecule has 0 saturated heterocycles. The Labute approximate surface area is 359 Å². The minimum Gasteiger partial charge on any atom is -0.371 e. The predicted molar refractivity (Wildman–Crippen MR) is 243 cm³/mol. The van der Waals surface area contributed by atoms with Crippen molar-refractivity contribution in [2.24, 2.45) is 5.41 Å². The molecule has 2 aromatic carbocycles. The maximum atomic E-state index is 14.4. The molecule has 0 atom stereocenters. The van der Waals surface area contributed by atoms with E-state index in [1.807, 2.05) is 0 Å². The van der Waals surface area contributed by atoms with E-state index >= 15 is 0 Å². The predicted octanol–water partition coefficient (Wildman–Crippen LogP) is 12.1. The van der Waals surface area contributed by atoms with E-state index in [1.165, 1.54) is 99.3 Å². The molecule has 6 nitrogen and oxygen atoms in total. The smallest absolute Gasteiger partial charge is 0.249 e. The Bertz CT molecular complexity index is 1410. The van der Waals surface area contributed by atoms with Crippen molar-refractivity contribution in [3.8, 4) is 0 Å². The molecule has 0 spiro atoms. The third-order valence-corrected chi connectivity index (χ3v) is 14.5. The van der Waals surface area contributed by atoms with E-state index in [0.717, 1.165) is 64.2 Å². The molecule has 0 radical (unpaired) electrons. The van der Waals surface area contributed by atoms with Gasteiger partial charge < -0.3 is 19.3 Å². The van der Waals surface area contributed by atoms with Crippen molar-refractivity contribution < 1.29 is 19.1 Å². The van der Waals surface area contributed by atoms with Crippen molar-refractivity contribution in [2.75, 3.05) is 26.4 Å². The number of ether oxygens (including phenoxy) is 2. The van der Waals surface area contributed by atoms with E-state index in [1.54, 1.807) is 0 Å². The third-order valence-electron chi connectivity index (χ3n) is 14.5. The first-order valence-electron chi connectivity index (χ1n) is 24.3. The zero-order chi connectivity index (χ0) is 41.9. The molecular weight excluding hydrogens is 729 g/mol. The van der Waals surface area contributed by atoms with E-state index < -0.39 is 5.41 Å². The Morgan fingerprint density at radius 2 is 0.729 bits per heavy atom. The van der Waals surface area contributed by atoms with Crippen molar-refractivity contribution in [2.45, 2.75) is 218 Å². The fraction of sp³-hybridized carbons (Fsp3) is 0.736. The summed E-state index contributed by atoms with van der Waals surface area (Å²) in [6, 6.07) is 19.5. The zero-order valence-electron chi connectivity index (χ0n) is 38.3. The molecule has 2 aromatic rings. The monoisotopic (exact) mass is 811 g/mol. The molecule has 0 aromatic heterocycles. The quantitative estimate of drug-likeness (QED) is 0.169. The summed E-state index contributed by atoms with van der Waals surface area (Å²) in [5.74, 6) is 0.321. The average Bonchev–Trinajstić information content (AvgIpc) is 3.22. The van der Waals surface area contributed by atoms with Gasteiger partial charge in [0.15, 0.2) is 0 Å². The zero-order valence-corrected chi connectivity index (χ0v) is 38.3. The molecule has 4 aliphatic rings. The van der Waals surface area contributed by atoms with Crippen LogP contribution in [0, 0.1) is 5.41 Å². The highest BCUT2D eigenvalue weighted by molar-refractivity contribution is 5.78. The maximum absolute atomic E-state index is 14.4. The van der Waals surface area contributed by atoms with Gasteiger partial charge in [-0.25, -0.2) is 0 Å². The highest BCUT2D eigenvalue weighted by Crippen LogP contribution is 2.35. The second-order valence-electron chi connectivity index (χ2n) is 21.5. The Balaban J connectivity index is 1.27. The largest absolute Gasteiger partial charge is 0.371 e. The molecular formula is C53H82N2O4. The lowest BCUT2D eigenvalue weighted by Crippen LogP contribution is -2.51. The Kier molecular flexibility index (Phi) is 16.6. The summed E-state index contributed by atoms with van der Waals surface area (Å²) in [7, 11) is 0. The van der Waals surface area contributed by atoms with Crippen LogP contribution in [0.3, 0.4) is 0 Å². The van der Waals surface area contributed by atoms with Crippen LogP contribution in [0.15, 0.2) is 48.5 Å². The fourth-order valence-corrected chi connectivity index (χ4v) is 11.1. The SMILES string of the molecule is CC(C)(C)c1ccc(CC(COCC(=O)N(C2CCCCC2)C2CCCCC2)(COCC(=O)N(C2CCCCC2)C2CCCCC2)Cc2ccc(C(C)(C)C)cc2)cc1. The van der Waals surface area contributed by atoms with Crippen LogP contribution >= 0.6 is 0 Å². The van der Waals surface area contributed by atoms with Crippen LogP contribution in [0.5, 0.6) is 0 Å². The van der Waals surface area contributed by atoms with Crippen molar-refractivity contribution in [1.29, 1.82) is 0 Å². The Morgan fingerprint density at radius 1 is 0.458 bits per heavy atom. The fourth-order valence-electron chi connectivity index (χ4n) is 11.1. The van der Waals surface area contributed by atoms with E-state index in [0.29, 0.717) is 37.4 Å². The average molecular weight is 811 g/mol. The summed E-state index contributed by atoms with van der Waals surface area (Å²) in [6.45, 7) is 14.5. The minimum absolute atomic E-state index is 0.0580. The molecule has 0 bridgehead atoms. The van der Waals surface area contributed by atoms with Gasteiger partial charge in [0, 0.05) is 29.6 Å². The van der Waals surface area contributed by atoms with Crippen molar-refractivity contribution in [3.63, 3.8) is 0 Å². The highest BCUT2D eigenvalue weighted by atomic mass is 16.5. The van der Waals surface area contributed by atoms with Crippen molar-refractivity contribution in [3.05, 3.63) is 70.8 Å². The lowest BCUT2D eigenvalue weighted by atomic mass is 9.76. The van der Waals surface area contributed by atoms with Crippen molar-refractivity contribution >= 4 is 11.8 Å². The number of nitrogens with zero attached hydrogens (tertiary/aromatic N) is 2. The van der Waals surface area contributed by atoms with Crippen LogP contribution in [0.4, 0.5) is 0 Å². The standard InChI is InChI=1S/C53H82N2O4/c1-51(2,3)43-31-27-41(28-32-43)35-53(36-42-29-33-44(34-30-42)52(4,5)6,39-58-37-49(56)54(45-19-11-7-12-20-45)46-21-13-8-14-22-46)40-59-38-50(57)55(47-23-15-9-16-24-47)48-25-17-10-18-26-48/h27-34,45-48H,7-26,35-40H2,1-6H3. The molecule has 0 aliphatic heterocycles. The van der Waals surface area contributed by atoms with Crippen LogP contribution in [-0.4, -0.2) is 72.2 Å². The molecule has 0 unspecified atom stereocenters. The van der Waals surface area contributed by atoms with Gasteiger partial charge in [0.25, 0.3) is 0 Å². The molecule has 4 fully saturated rings. The summed E-state index contributed by atoms with van der Waals surface area (Å²) in [6.07, 6.45) is 25.1. The molecule has 59 heavy (non-hydrogen) atoms. The summed E-state index contributed by atoms with van der Waals surface area (Å²) in [5, 5.41) is 0. The van der Waals surface area contributed by atoms with Gasteiger partial charge in [-0.15, -0.1) is 0 Å². The number of amides is 2. The van der Waals surface area contributed by atoms with Gasteiger partial charge in [-0.05, 0) is 97.3 Å². The first kappa shape index (κ1) is 45.8. The maximum Gasteiger partial charge on any atom is 0.249 e. The van der Waals surface area contributed by atoms with E-state index in [4.69, 9.17) is 9.47 Å². The van der Waals surface area contributed by atoms with Gasteiger partial charge in [0.2, 0.25) is 11.8 Å². The van der Waals surface area contributed by atoms with E-state index in [9.17, 15) is 9.59 Å². The molecule has 6 rings (SSSR count). The van der Waals surface area contributed by atoms with Gasteiger partial charge in [0.05, 0.1) is 13.2 Å². The van der Waals surface area contributed by atoms with Crippen LogP contribution in [0.25, 0.3) is 0 Å². The van der Waals surface area contributed by atoms with Crippen LogP contribution in [0.1, 0.15) is 192 Å². The summed E-state index contributed by atoms with van der Waals surface area (Å²) in [4.78, 5) is 33.4. The number of hydrogen-bond donors (Lipinski definition) is 0. The third kappa shape index (κ3) is 13.2. The van der Waals surface area contributed by atoms with Gasteiger partial charge in [-0.2, -0.15) is 0 Å². The molecule has 2 amide bonds. The van der Waals surface area contributed by atoms with Gasteiger partial charge in [-0.1, -0.05) is 167 Å². The van der Waals surface area contributed by atoms with Crippen LogP contribution < -0.4 is 0 Å². The molecule has 6 heteroatoms.